The van der Waals surface area contributed by atoms with Crippen LogP contribution in [0.15, 0.2) is 18.2 Å². The lowest BCUT2D eigenvalue weighted by atomic mass is 10.2. The van der Waals surface area contributed by atoms with Crippen LogP contribution >= 0.6 is 0 Å². The molecule has 0 amide bonds. The fourth-order valence-electron chi connectivity index (χ4n) is 1.98. The average Bonchev–Trinajstić information content (AvgIpc) is 2.54. The van der Waals surface area contributed by atoms with Crippen molar-refractivity contribution >= 4 is 0 Å². The normalized spacial score (nSPS) is 17.2. The molecule has 0 spiro atoms. The molecule has 2 rings (SSSR count). The van der Waals surface area contributed by atoms with E-state index in [0.717, 1.165) is 24.2 Å². The molecule has 14 heavy (non-hydrogen) atoms. The molecule has 2 nitrogen and oxygen atoms in total. The molecule has 1 aromatic carbocycles. The van der Waals surface area contributed by atoms with Crippen LogP contribution in [0.5, 0.6) is 11.5 Å². The number of ether oxygens (including phenoxy) is 1. The van der Waals surface area contributed by atoms with E-state index >= 15 is 0 Å². The van der Waals surface area contributed by atoms with Crippen molar-refractivity contribution in [3.8, 4) is 11.5 Å². The van der Waals surface area contributed by atoms with Gasteiger partial charge in [-0.05, 0) is 50.3 Å². The van der Waals surface area contributed by atoms with Gasteiger partial charge in [-0.25, -0.2) is 0 Å². The second kappa shape index (κ2) is 3.91. The Morgan fingerprint density at radius 2 is 1.93 bits per heavy atom. The van der Waals surface area contributed by atoms with Crippen LogP contribution in [0.25, 0.3) is 0 Å². The summed E-state index contributed by atoms with van der Waals surface area (Å²) in [6, 6.07) is 5.13. The molecule has 1 fully saturated rings. The second-order valence-corrected chi connectivity index (χ2v) is 4.01. The van der Waals surface area contributed by atoms with Gasteiger partial charge in [-0.2, -0.15) is 0 Å². The Hall–Kier alpha value is -1.18. The Balaban J connectivity index is 2.07. The zero-order chi connectivity index (χ0) is 9.97. The third kappa shape index (κ3) is 2.19. The van der Waals surface area contributed by atoms with Gasteiger partial charge >= 0.3 is 0 Å². The first-order chi connectivity index (χ1) is 6.74. The summed E-state index contributed by atoms with van der Waals surface area (Å²) in [5.41, 5.74) is 0.977. The Bertz CT molecular complexity index is 294. The smallest absolute Gasteiger partial charge is 0.182 e. The Labute approximate surface area is 84.5 Å². The first-order valence-electron chi connectivity index (χ1n) is 5.19. The topological polar surface area (TPSA) is 29.1 Å². The van der Waals surface area contributed by atoms with Crippen LogP contribution in [0.3, 0.4) is 0 Å². The largest absolute Gasteiger partial charge is 0.490 e. The zero-order valence-corrected chi connectivity index (χ0v) is 8.45. The minimum absolute atomic E-state index is 0.0398. The minimum Gasteiger partial charge on any atom is -0.490 e. The third-order valence-corrected chi connectivity index (χ3v) is 2.63. The molecule has 0 aromatic heterocycles. The van der Waals surface area contributed by atoms with E-state index in [2.05, 4.69) is 0 Å². The van der Waals surface area contributed by atoms with Gasteiger partial charge in [0.1, 0.15) is 5.75 Å². The zero-order valence-electron chi connectivity index (χ0n) is 8.45. The molecule has 0 bridgehead atoms. The summed E-state index contributed by atoms with van der Waals surface area (Å²) in [5, 5.41) is 11.2. The highest BCUT2D eigenvalue weighted by Gasteiger charge is 2.16. The Morgan fingerprint density at radius 3 is 2.57 bits per heavy atom. The highest BCUT2D eigenvalue weighted by molar-refractivity contribution is 5.36. The number of benzene rings is 1. The molecular formula is C12H15O2. The van der Waals surface area contributed by atoms with Crippen LogP contribution in [0.2, 0.25) is 0 Å². The predicted molar refractivity (Wildman–Crippen MR) is 54.2 cm³/mol. The maximum absolute atomic E-state index is 11.2. The van der Waals surface area contributed by atoms with Crippen LogP contribution < -0.4 is 4.74 Å². The molecule has 1 aromatic rings. The van der Waals surface area contributed by atoms with Crippen molar-refractivity contribution in [2.24, 2.45) is 0 Å². The lowest BCUT2D eigenvalue weighted by Gasteiger charge is -2.13. The molecule has 0 saturated heterocycles. The van der Waals surface area contributed by atoms with Gasteiger partial charge in [0.25, 0.3) is 0 Å². The summed E-state index contributed by atoms with van der Waals surface area (Å²) in [6.07, 6.45) is 5.09. The highest BCUT2D eigenvalue weighted by Crippen LogP contribution is 2.27. The van der Waals surface area contributed by atoms with E-state index in [4.69, 9.17) is 4.74 Å². The van der Waals surface area contributed by atoms with E-state index in [1.165, 1.54) is 12.8 Å². The van der Waals surface area contributed by atoms with E-state index in [1.807, 2.05) is 13.0 Å². The van der Waals surface area contributed by atoms with Crippen LogP contribution in [-0.4, -0.2) is 6.10 Å². The van der Waals surface area contributed by atoms with Crippen LogP contribution in [-0.2, 0) is 5.11 Å². The van der Waals surface area contributed by atoms with Crippen LogP contribution in [0.4, 0.5) is 0 Å². The maximum Gasteiger partial charge on any atom is 0.182 e. The molecule has 0 unspecified atom stereocenters. The fourth-order valence-corrected chi connectivity index (χ4v) is 1.98. The van der Waals surface area contributed by atoms with Gasteiger partial charge in [0, 0.05) is 6.07 Å². The van der Waals surface area contributed by atoms with Crippen LogP contribution in [0, 0.1) is 6.92 Å². The molecule has 0 aliphatic heterocycles. The quantitative estimate of drug-likeness (QED) is 0.703. The van der Waals surface area contributed by atoms with Gasteiger partial charge in [-0.1, -0.05) is 0 Å². The van der Waals surface area contributed by atoms with E-state index < -0.39 is 0 Å². The van der Waals surface area contributed by atoms with Gasteiger partial charge in [0.2, 0.25) is 0 Å². The summed E-state index contributed by atoms with van der Waals surface area (Å²) in [4.78, 5) is 0. The predicted octanol–water partition coefficient (Wildman–Crippen LogP) is 3.46. The Morgan fingerprint density at radius 1 is 1.21 bits per heavy atom. The van der Waals surface area contributed by atoms with Gasteiger partial charge in [0.15, 0.2) is 5.75 Å². The number of rotatable bonds is 2. The summed E-state index contributed by atoms with van der Waals surface area (Å²) in [5.74, 6) is 0.778. The Kier molecular flexibility index (Phi) is 2.62. The van der Waals surface area contributed by atoms with Gasteiger partial charge in [-0.15, -0.1) is 0 Å². The van der Waals surface area contributed by atoms with Crippen molar-refractivity contribution in [3.05, 3.63) is 23.8 Å². The molecule has 1 saturated carbocycles. The first kappa shape index (κ1) is 9.38. The van der Waals surface area contributed by atoms with Gasteiger partial charge < -0.3 is 4.74 Å². The van der Waals surface area contributed by atoms with E-state index in [-0.39, 0.29) is 5.75 Å². The molecule has 0 N–H and O–H groups in total. The molecular weight excluding hydrogens is 176 g/mol. The minimum atomic E-state index is 0.0398. The third-order valence-electron chi connectivity index (χ3n) is 2.63. The van der Waals surface area contributed by atoms with Gasteiger partial charge in [-0.3, -0.25) is 5.11 Å². The van der Waals surface area contributed by atoms with E-state index in [0.29, 0.717) is 6.10 Å². The molecule has 2 heteroatoms. The molecule has 1 aliphatic rings. The molecule has 0 atom stereocenters. The van der Waals surface area contributed by atoms with Crippen molar-refractivity contribution in [2.45, 2.75) is 38.7 Å². The number of aryl methyl sites for hydroxylation is 1. The van der Waals surface area contributed by atoms with Crippen molar-refractivity contribution in [1.82, 2.24) is 0 Å². The molecule has 1 radical (unpaired) electrons. The summed E-state index contributed by atoms with van der Waals surface area (Å²) >= 11 is 0. The van der Waals surface area contributed by atoms with Crippen molar-refractivity contribution < 1.29 is 9.84 Å². The van der Waals surface area contributed by atoms with Crippen molar-refractivity contribution in [2.75, 3.05) is 0 Å². The number of hydrogen-bond acceptors (Lipinski definition) is 1. The van der Waals surface area contributed by atoms with Crippen LogP contribution in [0.1, 0.15) is 31.2 Å². The van der Waals surface area contributed by atoms with Gasteiger partial charge in [0.05, 0.1) is 6.10 Å². The maximum atomic E-state index is 11.2. The SMILES string of the molecule is Cc1cc([O])cc(OC2CCCC2)c1. The highest BCUT2D eigenvalue weighted by atomic mass is 16.5. The standard InChI is InChI=1S/C12H15O2/c1-9-6-10(13)8-12(7-9)14-11-4-2-3-5-11/h6-8,11H,2-5H2,1H3. The summed E-state index contributed by atoms with van der Waals surface area (Å²) in [7, 11) is 0. The summed E-state index contributed by atoms with van der Waals surface area (Å²) in [6.45, 7) is 1.92. The lowest BCUT2D eigenvalue weighted by molar-refractivity contribution is 0.208. The molecule has 75 valence electrons. The van der Waals surface area contributed by atoms with Crippen molar-refractivity contribution in [3.63, 3.8) is 0 Å². The van der Waals surface area contributed by atoms with E-state index in [1.54, 1.807) is 12.1 Å². The molecule has 0 heterocycles. The monoisotopic (exact) mass is 191 g/mol. The molecule has 1 aliphatic carbocycles. The second-order valence-electron chi connectivity index (χ2n) is 4.01. The van der Waals surface area contributed by atoms with E-state index in [9.17, 15) is 5.11 Å². The lowest BCUT2D eigenvalue weighted by Crippen LogP contribution is -2.10. The summed E-state index contributed by atoms with van der Waals surface area (Å²) < 4.78 is 5.74. The average molecular weight is 191 g/mol. The fraction of sp³-hybridized carbons (Fsp3) is 0.500. The number of hydrogen-bond donors (Lipinski definition) is 0. The van der Waals surface area contributed by atoms with Crippen molar-refractivity contribution in [1.29, 1.82) is 0 Å². The first-order valence-corrected chi connectivity index (χ1v) is 5.19.